The van der Waals surface area contributed by atoms with Gasteiger partial charge in [0, 0.05) is 19.4 Å². The molecule has 140 valence electrons. The molecule has 0 radical (unpaired) electrons. The number of halogens is 2. The third-order valence-electron chi connectivity index (χ3n) is 4.61. The SMILES string of the molecule is CC[C@@H](C(=O)N[C@H](c1ccc(F)c(F)c1)c1nccn1C)c1ccccc1. The standard InChI is InChI=1S/C21H21F2N3O/c1-3-16(14-7-5-4-6-8-14)21(27)25-19(20-24-11-12-26(20)2)15-9-10-17(22)18(23)13-15/h4-13,16,19H,3H2,1-2H3,(H,25,27)/t16-,19-/m1/s1. The van der Waals surface area contributed by atoms with Gasteiger partial charge >= 0.3 is 0 Å². The molecule has 3 aromatic rings. The third kappa shape index (κ3) is 4.05. The number of hydrogen-bond acceptors (Lipinski definition) is 2. The van der Waals surface area contributed by atoms with Crippen LogP contribution in [-0.4, -0.2) is 15.5 Å². The first kappa shape index (κ1) is 18.8. The largest absolute Gasteiger partial charge is 0.342 e. The van der Waals surface area contributed by atoms with E-state index in [1.54, 1.807) is 24.0 Å². The normalized spacial score (nSPS) is 13.2. The Morgan fingerprint density at radius 2 is 1.85 bits per heavy atom. The van der Waals surface area contributed by atoms with Crippen LogP contribution in [0.1, 0.15) is 42.3 Å². The fraction of sp³-hybridized carbons (Fsp3) is 0.238. The molecule has 0 aliphatic rings. The van der Waals surface area contributed by atoms with Gasteiger partial charge in [0.25, 0.3) is 0 Å². The van der Waals surface area contributed by atoms with Gasteiger partial charge in [-0.2, -0.15) is 0 Å². The molecule has 0 saturated heterocycles. The van der Waals surface area contributed by atoms with Crippen molar-refractivity contribution < 1.29 is 13.6 Å². The molecule has 1 amide bonds. The molecule has 2 atom stereocenters. The maximum Gasteiger partial charge on any atom is 0.228 e. The Bertz CT molecular complexity index is 924. The van der Waals surface area contributed by atoms with Crippen LogP contribution in [0.5, 0.6) is 0 Å². The average Bonchev–Trinajstić information content (AvgIpc) is 3.09. The van der Waals surface area contributed by atoms with E-state index in [-0.39, 0.29) is 11.8 Å². The van der Waals surface area contributed by atoms with E-state index in [2.05, 4.69) is 10.3 Å². The second-order valence-corrected chi connectivity index (χ2v) is 6.38. The van der Waals surface area contributed by atoms with Crippen LogP contribution in [-0.2, 0) is 11.8 Å². The maximum absolute atomic E-state index is 13.8. The predicted octanol–water partition coefficient (Wildman–Crippen LogP) is 4.10. The highest BCUT2D eigenvalue weighted by molar-refractivity contribution is 5.84. The number of nitrogens with zero attached hydrogens (tertiary/aromatic N) is 2. The molecular weight excluding hydrogens is 348 g/mol. The number of amides is 1. The number of benzene rings is 2. The molecule has 1 N–H and O–H groups in total. The van der Waals surface area contributed by atoms with Gasteiger partial charge in [0.05, 0.1) is 5.92 Å². The van der Waals surface area contributed by atoms with E-state index in [1.165, 1.54) is 6.07 Å². The van der Waals surface area contributed by atoms with Gasteiger partial charge in [-0.25, -0.2) is 13.8 Å². The molecular formula is C21H21F2N3O. The highest BCUT2D eigenvalue weighted by Gasteiger charge is 2.26. The molecule has 4 nitrogen and oxygen atoms in total. The van der Waals surface area contributed by atoms with Crippen LogP contribution in [0.3, 0.4) is 0 Å². The van der Waals surface area contributed by atoms with E-state index in [4.69, 9.17) is 0 Å². The summed E-state index contributed by atoms with van der Waals surface area (Å²) in [6, 6.07) is 12.4. The molecule has 0 bridgehead atoms. The third-order valence-corrected chi connectivity index (χ3v) is 4.61. The summed E-state index contributed by atoms with van der Waals surface area (Å²) in [7, 11) is 1.79. The van der Waals surface area contributed by atoms with Crippen LogP contribution in [0, 0.1) is 11.6 Å². The van der Waals surface area contributed by atoms with Crippen LogP contribution in [0.25, 0.3) is 0 Å². The summed E-state index contributed by atoms with van der Waals surface area (Å²) < 4.78 is 28.9. The van der Waals surface area contributed by atoms with E-state index < -0.39 is 17.7 Å². The summed E-state index contributed by atoms with van der Waals surface area (Å²) in [5.74, 6) is -1.89. The van der Waals surface area contributed by atoms with Crippen molar-refractivity contribution in [2.75, 3.05) is 0 Å². The fourth-order valence-electron chi connectivity index (χ4n) is 3.14. The Balaban J connectivity index is 1.95. The van der Waals surface area contributed by atoms with Crippen LogP contribution in [0.2, 0.25) is 0 Å². The molecule has 3 rings (SSSR count). The lowest BCUT2D eigenvalue weighted by Crippen LogP contribution is -2.34. The second-order valence-electron chi connectivity index (χ2n) is 6.38. The monoisotopic (exact) mass is 369 g/mol. The van der Waals surface area contributed by atoms with Gasteiger partial charge in [-0.15, -0.1) is 0 Å². The average molecular weight is 369 g/mol. The van der Waals surface area contributed by atoms with Gasteiger partial charge in [-0.05, 0) is 29.7 Å². The van der Waals surface area contributed by atoms with E-state index in [9.17, 15) is 13.6 Å². The summed E-state index contributed by atoms with van der Waals surface area (Å²) >= 11 is 0. The summed E-state index contributed by atoms with van der Waals surface area (Å²) in [5.41, 5.74) is 1.33. The van der Waals surface area contributed by atoms with E-state index in [0.29, 0.717) is 17.8 Å². The second kappa shape index (κ2) is 8.12. The lowest BCUT2D eigenvalue weighted by Gasteiger charge is -2.23. The highest BCUT2D eigenvalue weighted by Crippen LogP contribution is 2.25. The minimum Gasteiger partial charge on any atom is -0.342 e. The van der Waals surface area contributed by atoms with E-state index >= 15 is 0 Å². The number of rotatable bonds is 6. The quantitative estimate of drug-likeness (QED) is 0.711. The Hall–Kier alpha value is -3.02. The minimum absolute atomic E-state index is 0.193. The summed E-state index contributed by atoms with van der Waals surface area (Å²) in [4.78, 5) is 17.3. The molecule has 2 aromatic carbocycles. The van der Waals surface area contributed by atoms with E-state index in [1.807, 2.05) is 37.3 Å². The molecule has 27 heavy (non-hydrogen) atoms. The maximum atomic E-state index is 13.8. The molecule has 0 spiro atoms. The number of aryl methyl sites for hydroxylation is 1. The number of carbonyl (C=O) groups excluding carboxylic acids is 1. The molecule has 0 fully saturated rings. The molecule has 0 unspecified atom stereocenters. The number of imidazole rings is 1. The first-order valence-corrected chi connectivity index (χ1v) is 8.78. The Labute approximate surface area is 156 Å². The predicted molar refractivity (Wildman–Crippen MR) is 99.0 cm³/mol. The topological polar surface area (TPSA) is 46.9 Å². The number of carbonyl (C=O) groups is 1. The van der Waals surface area contributed by atoms with Crippen molar-refractivity contribution in [3.63, 3.8) is 0 Å². The van der Waals surface area contributed by atoms with Gasteiger partial charge in [-0.1, -0.05) is 43.3 Å². The fourth-order valence-corrected chi connectivity index (χ4v) is 3.14. The van der Waals surface area contributed by atoms with Crippen molar-refractivity contribution in [3.05, 3.63) is 89.5 Å². The minimum atomic E-state index is -0.962. The van der Waals surface area contributed by atoms with Crippen LogP contribution in [0.4, 0.5) is 8.78 Å². The molecule has 6 heteroatoms. The molecule has 1 heterocycles. The first-order valence-electron chi connectivity index (χ1n) is 8.78. The number of nitrogens with one attached hydrogen (secondary N) is 1. The lowest BCUT2D eigenvalue weighted by molar-refractivity contribution is -0.123. The van der Waals surface area contributed by atoms with Gasteiger partial charge < -0.3 is 9.88 Å². The zero-order valence-electron chi connectivity index (χ0n) is 15.2. The van der Waals surface area contributed by atoms with Gasteiger partial charge in [0.2, 0.25) is 5.91 Å². The Morgan fingerprint density at radius 1 is 1.11 bits per heavy atom. The number of aromatic nitrogens is 2. The molecule has 0 aliphatic carbocycles. The van der Waals surface area contributed by atoms with Crippen molar-refractivity contribution in [3.8, 4) is 0 Å². The summed E-state index contributed by atoms with van der Waals surface area (Å²) in [6.07, 6.45) is 3.95. The van der Waals surface area contributed by atoms with Crippen molar-refractivity contribution in [2.24, 2.45) is 7.05 Å². The lowest BCUT2D eigenvalue weighted by atomic mass is 9.94. The first-order chi connectivity index (χ1) is 13.0. The Morgan fingerprint density at radius 3 is 2.44 bits per heavy atom. The van der Waals surface area contributed by atoms with Crippen molar-refractivity contribution in [1.82, 2.24) is 14.9 Å². The number of hydrogen-bond donors (Lipinski definition) is 1. The molecule has 0 aliphatic heterocycles. The Kier molecular flexibility index (Phi) is 5.64. The highest BCUT2D eigenvalue weighted by atomic mass is 19.2. The smallest absolute Gasteiger partial charge is 0.228 e. The molecule has 1 aromatic heterocycles. The summed E-state index contributed by atoms with van der Waals surface area (Å²) in [5, 5.41) is 2.96. The molecule has 0 saturated carbocycles. The van der Waals surface area contributed by atoms with Gasteiger partial charge in [-0.3, -0.25) is 4.79 Å². The van der Waals surface area contributed by atoms with E-state index in [0.717, 1.165) is 17.7 Å². The zero-order chi connectivity index (χ0) is 19.4. The zero-order valence-corrected chi connectivity index (χ0v) is 15.2. The van der Waals surface area contributed by atoms with Crippen LogP contribution < -0.4 is 5.32 Å². The van der Waals surface area contributed by atoms with Crippen LogP contribution >= 0.6 is 0 Å². The summed E-state index contributed by atoms with van der Waals surface area (Å²) in [6.45, 7) is 1.94. The van der Waals surface area contributed by atoms with Crippen LogP contribution in [0.15, 0.2) is 60.9 Å². The van der Waals surface area contributed by atoms with Crippen molar-refractivity contribution in [1.29, 1.82) is 0 Å². The van der Waals surface area contributed by atoms with Gasteiger partial charge in [0.15, 0.2) is 11.6 Å². The van der Waals surface area contributed by atoms with Gasteiger partial charge in [0.1, 0.15) is 11.9 Å². The van der Waals surface area contributed by atoms with Crippen molar-refractivity contribution in [2.45, 2.75) is 25.3 Å². The van der Waals surface area contributed by atoms with Crippen molar-refractivity contribution >= 4 is 5.91 Å².